The first-order valence-corrected chi connectivity index (χ1v) is 5.83. The van der Waals surface area contributed by atoms with Crippen molar-refractivity contribution in [2.24, 2.45) is 0 Å². The maximum absolute atomic E-state index is 12.9. The van der Waals surface area contributed by atoms with Crippen LogP contribution in [0, 0.1) is 5.82 Å². The molecular weight excluding hydrogens is 233 g/mol. The fourth-order valence-electron chi connectivity index (χ4n) is 1.15. The van der Waals surface area contributed by atoms with Crippen molar-refractivity contribution in [3.05, 3.63) is 42.5 Å². The largest absolute Gasteiger partial charge is 0.284 e. The minimum Gasteiger partial charge on any atom is -0.284 e. The number of benzene rings is 1. The predicted molar refractivity (Wildman–Crippen MR) is 55.8 cm³/mol. The van der Waals surface area contributed by atoms with E-state index in [9.17, 15) is 12.8 Å². The first-order valence-electron chi connectivity index (χ1n) is 4.35. The zero-order valence-corrected chi connectivity index (χ0v) is 8.83. The molecule has 0 atom stereocenters. The summed E-state index contributed by atoms with van der Waals surface area (Å²) in [6.07, 6.45) is 2.70. The average Bonchev–Trinajstić information content (AvgIpc) is 2.70. The zero-order valence-electron chi connectivity index (χ0n) is 8.01. The normalized spacial score (nSPS) is 11.3. The Morgan fingerprint density at radius 2 is 2.19 bits per heavy atom. The predicted octanol–water partition coefficient (Wildman–Crippen LogP) is 1.35. The lowest BCUT2D eigenvalue weighted by Crippen LogP contribution is -2.12. The molecule has 0 amide bonds. The topological polar surface area (TPSA) is 74.8 Å². The summed E-state index contributed by atoms with van der Waals surface area (Å²) in [6, 6.07) is 4.77. The number of hydrogen-bond donors (Lipinski definition) is 2. The third-order valence-corrected chi connectivity index (χ3v) is 3.24. The lowest BCUT2D eigenvalue weighted by Gasteiger charge is -2.05. The van der Waals surface area contributed by atoms with Crippen molar-refractivity contribution in [3.63, 3.8) is 0 Å². The molecule has 2 N–H and O–H groups in total. The summed E-state index contributed by atoms with van der Waals surface area (Å²) in [5, 5.41) is 6.06. The van der Waals surface area contributed by atoms with Gasteiger partial charge in [-0.1, -0.05) is 6.07 Å². The summed E-state index contributed by atoms with van der Waals surface area (Å²) < 4.78 is 38.6. The molecular formula is C9H8FN3O2S. The molecule has 0 aliphatic rings. The number of hydrogen-bond acceptors (Lipinski definition) is 3. The molecule has 2 aromatic rings. The first-order chi connectivity index (χ1) is 7.58. The molecule has 16 heavy (non-hydrogen) atoms. The second-order valence-electron chi connectivity index (χ2n) is 3.05. The van der Waals surface area contributed by atoms with Crippen molar-refractivity contribution < 1.29 is 12.8 Å². The van der Waals surface area contributed by atoms with Crippen LogP contribution in [0.1, 0.15) is 0 Å². The summed E-state index contributed by atoms with van der Waals surface area (Å²) in [5.74, 6) is -0.602. The van der Waals surface area contributed by atoms with Crippen LogP contribution in [0.25, 0.3) is 0 Å². The number of nitrogens with one attached hydrogen (secondary N) is 2. The fourth-order valence-corrected chi connectivity index (χ4v) is 2.22. The molecule has 0 aliphatic heterocycles. The molecule has 0 radical (unpaired) electrons. The lowest BCUT2D eigenvalue weighted by molar-refractivity contribution is 0.595. The van der Waals surface area contributed by atoms with E-state index in [1.807, 2.05) is 0 Å². The van der Waals surface area contributed by atoms with E-state index >= 15 is 0 Å². The van der Waals surface area contributed by atoms with E-state index in [0.717, 1.165) is 6.07 Å². The van der Waals surface area contributed by atoms with Gasteiger partial charge >= 0.3 is 0 Å². The van der Waals surface area contributed by atoms with Gasteiger partial charge in [0, 0.05) is 6.20 Å². The lowest BCUT2D eigenvalue weighted by atomic mass is 10.4. The van der Waals surface area contributed by atoms with Gasteiger partial charge in [-0.05, 0) is 18.2 Å². The fraction of sp³-hybridized carbons (Fsp3) is 0. The second-order valence-corrected chi connectivity index (χ2v) is 4.73. The Balaban J connectivity index is 2.33. The first kappa shape index (κ1) is 10.6. The molecule has 0 spiro atoms. The van der Waals surface area contributed by atoms with Gasteiger partial charge in [-0.25, -0.2) is 12.8 Å². The Morgan fingerprint density at radius 3 is 2.81 bits per heavy atom. The molecule has 2 rings (SSSR count). The maximum Gasteiger partial charge on any atom is 0.262 e. The van der Waals surface area contributed by atoms with Crippen LogP contribution in [0.15, 0.2) is 41.6 Å². The molecule has 0 fully saturated rings. The number of aromatic nitrogens is 2. The molecule has 7 heteroatoms. The van der Waals surface area contributed by atoms with Crippen LogP contribution >= 0.6 is 0 Å². The van der Waals surface area contributed by atoms with Crippen LogP contribution in [0.3, 0.4) is 0 Å². The second kappa shape index (κ2) is 3.93. The third-order valence-electron chi connectivity index (χ3n) is 1.86. The molecule has 1 aromatic heterocycles. The minimum absolute atomic E-state index is 0.131. The van der Waals surface area contributed by atoms with Crippen molar-refractivity contribution in [3.8, 4) is 0 Å². The van der Waals surface area contributed by atoms with Gasteiger partial charge in [0.05, 0.1) is 16.8 Å². The molecule has 1 aromatic carbocycles. The standard InChI is InChI=1S/C9H8FN3O2S/c10-7-2-1-3-9(4-7)16(14,15)13-8-5-11-12-6-8/h1-6,13H,(H,11,12). The van der Waals surface area contributed by atoms with Crippen LogP contribution in [-0.4, -0.2) is 18.6 Å². The van der Waals surface area contributed by atoms with Gasteiger partial charge < -0.3 is 0 Å². The van der Waals surface area contributed by atoms with E-state index in [1.54, 1.807) is 0 Å². The molecule has 5 nitrogen and oxygen atoms in total. The molecule has 0 saturated heterocycles. The van der Waals surface area contributed by atoms with E-state index in [0.29, 0.717) is 5.69 Å². The monoisotopic (exact) mass is 241 g/mol. The van der Waals surface area contributed by atoms with Crippen LogP contribution in [0.5, 0.6) is 0 Å². The SMILES string of the molecule is O=S(=O)(Nc1cn[nH]c1)c1cccc(F)c1. The zero-order chi connectivity index (χ0) is 11.6. The van der Waals surface area contributed by atoms with Crippen molar-refractivity contribution >= 4 is 15.7 Å². The number of halogens is 1. The number of H-pyrrole nitrogens is 1. The number of aromatic amines is 1. The van der Waals surface area contributed by atoms with E-state index in [2.05, 4.69) is 14.9 Å². The van der Waals surface area contributed by atoms with Gasteiger partial charge in [0.15, 0.2) is 0 Å². The Hall–Kier alpha value is -1.89. The Kier molecular flexibility index (Phi) is 2.61. The number of rotatable bonds is 3. The molecule has 84 valence electrons. The van der Waals surface area contributed by atoms with Crippen molar-refractivity contribution in [1.29, 1.82) is 0 Å². The number of sulfonamides is 1. The summed E-state index contributed by atoms with van der Waals surface area (Å²) >= 11 is 0. The molecule has 0 bridgehead atoms. The van der Waals surface area contributed by atoms with Crippen molar-refractivity contribution in [1.82, 2.24) is 10.2 Å². The minimum atomic E-state index is -3.76. The van der Waals surface area contributed by atoms with E-state index in [-0.39, 0.29) is 4.90 Å². The Bertz CT molecular complexity index is 581. The smallest absolute Gasteiger partial charge is 0.262 e. The average molecular weight is 241 g/mol. The number of anilines is 1. The highest BCUT2D eigenvalue weighted by Crippen LogP contribution is 2.15. The maximum atomic E-state index is 12.9. The van der Waals surface area contributed by atoms with Gasteiger partial charge in [-0.15, -0.1) is 0 Å². The highest BCUT2D eigenvalue weighted by atomic mass is 32.2. The van der Waals surface area contributed by atoms with Gasteiger partial charge in [-0.3, -0.25) is 9.82 Å². The quantitative estimate of drug-likeness (QED) is 0.851. The van der Waals surface area contributed by atoms with Gasteiger partial charge in [0.1, 0.15) is 5.82 Å². The summed E-state index contributed by atoms with van der Waals surface area (Å²) in [4.78, 5) is -0.131. The van der Waals surface area contributed by atoms with Crippen LogP contribution < -0.4 is 4.72 Å². The number of nitrogens with zero attached hydrogens (tertiary/aromatic N) is 1. The van der Waals surface area contributed by atoms with E-state index in [1.165, 1.54) is 30.6 Å². The Labute approximate surface area is 91.4 Å². The third kappa shape index (κ3) is 2.19. The van der Waals surface area contributed by atoms with E-state index < -0.39 is 15.8 Å². The summed E-state index contributed by atoms with van der Waals surface area (Å²) in [5.41, 5.74) is 0.296. The Morgan fingerprint density at radius 1 is 1.38 bits per heavy atom. The van der Waals surface area contributed by atoms with Crippen molar-refractivity contribution in [2.45, 2.75) is 4.90 Å². The molecule has 0 saturated carbocycles. The highest BCUT2D eigenvalue weighted by Gasteiger charge is 2.14. The van der Waals surface area contributed by atoms with Crippen LogP contribution in [0.2, 0.25) is 0 Å². The van der Waals surface area contributed by atoms with Crippen LogP contribution in [-0.2, 0) is 10.0 Å². The summed E-state index contributed by atoms with van der Waals surface area (Å²) in [6.45, 7) is 0. The molecule has 0 aliphatic carbocycles. The highest BCUT2D eigenvalue weighted by molar-refractivity contribution is 7.92. The van der Waals surface area contributed by atoms with Gasteiger partial charge in [0.25, 0.3) is 10.0 Å². The van der Waals surface area contributed by atoms with Crippen molar-refractivity contribution in [2.75, 3.05) is 4.72 Å². The molecule has 1 heterocycles. The molecule has 0 unspecified atom stereocenters. The van der Waals surface area contributed by atoms with Gasteiger partial charge in [-0.2, -0.15) is 5.10 Å². The van der Waals surface area contributed by atoms with Gasteiger partial charge in [0.2, 0.25) is 0 Å². The van der Waals surface area contributed by atoms with Crippen LogP contribution in [0.4, 0.5) is 10.1 Å². The van der Waals surface area contributed by atoms with E-state index in [4.69, 9.17) is 0 Å². The summed E-state index contributed by atoms with van der Waals surface area (Å²) in [7, 11) is -3.76.